The third kappa shape index (κ3) is 7.10. The fourth-order valence-corrected chi connectivity index (χ4v) is 4.95. The Labute approximate surface area is 132 Å². The molecule has 0 aliphatic carbocycles. The summed E-state index contributed by atoms with van der Waals surface area (Å²) in [6.07, 6.45) is 13.9. The smallest absolute Gasteiger partial charge is 0.0742 e. The van der Waals surface area contributed by atoms with Gasteiger partial charge in [0.25, 0.3) is 0 Å². The van der Waals surface area contributed by atoms with Gasteiger partial charge in [0.05, 0.1) is 7.57 Å². The maximum atomic E-state index is 3.75. The second-order valence-corrected chi connectivity index (χ2v) is 8.40. The lowest BCUT2D eigenvalue weighted by atomic mass is 10.1. The second kappa shape index (κ2) is 10.2. The Morgan fingerprint density at radius 2 is 1.61 bits per heavy atom. The highest BCUT2D eigenvalue weighted by Crippen LogP contribution is 2.32. The summed E-state index contributed by atoms with van der Waals surface area (Å²) < 4.78 is 2.52. The highest BCUT2D eigenvalue weighted by molar-refractivity contribution is 9.12. The Morgan fingerprint density at radius 3 is 2.17 bits per heavy atom. The van der Waals surface area contributed by atoms with Crippen molar-refractivity contribution in [2.24, 2.45) is 0 Å². The molecule has 0 fully saturated rings. The van der Waals surface area contributed by atoms with Gasteiger partial charge in [0, 0.05) is 0 Å². The Hall–Kier alpha value is 0.400. The van der Waals surface area contributed by atoms with Crippen LogP contribution in [0.1, 0.15) is 56.9 Å². The fraction of sp³-hybridized carbons (Fsp3) is 0.600. The van der Waals surface area contributed by atoms with Crippen LogP contribution in [-0.2, 0) is 6.42 Å². The van der Waals surface area contributed by atoms with Crippen LogP contribution in [0.5, 0.6) is 0 Å². The molecule has 0 unspecified atom stereocenters. The van der Waals surface area contributed by atoms with Crippen molar-refractivity contribution >= 4 is 43.2 Å². The molecule has 1 rings (SSSR count). The van der Waals surface area contributed by atoms with Crippen LogP contribution < -0.4 is 0 Å². The zero-order chi connectivity index (χ0) is 13.2. The third-order valence-electron chi connectivity index (χ3n) is 3.08. The third-order valence-corrected chi connectivity index (χ3v) is 5.55. The van der Waals surface area contributed by atoms with E-state index in [-0.39, 0.29) is 0 Å². The van der Waals surface area contributed by atoms with Crippen LogP contribution in [0, 0.1) is 0 Å². The predicted molar refractivity (Wildman–Crippen MR) is 90.6 cm³/mol. The highest BCUT2D eigenvalue weighted by Gasteiger charge is 2.04. The number of allylic oxidation sites excluding steroid dienone is 1. The van der Waals surface area contributed by atoms with Gasteiger partial charge in [-0.15, -0.1) is 17.9 Å². The monoisotopic (exact) mass is 392 g/mol. The number of aryl methyl sites for hydroxylation is 1. The van der Waals surface area contributed by atoms with Crippen molar-refractivity contribution in [1.82, 2.24) is 0 Å². The first-order valence-electron chi connectivity index (χ1n) is 6.78. The Balaban J connectivity index is 1.95. The van der Waals surface area contributed by atoms with Crippen molar-refractivity contribution in [1.29, 1.82) is 0 Å². The lowest BCUT2D eigenvalue weighted by Gasteiger charge is -2.01. The molecule has 3 heteroatoms. The van der Waals surface area contributed by atoms with Crippen molar-refractivity contribution in [3.8, 4) is 0 Å². The zero-order valence-corrected chi connectivity index (χ0v) is 14.9. The van der Waals surface area contributed by atoms with Crippen LogP contribution in [-0.4, -0.2) is 0 Å². The number of halogens is 2. The summed E-state index contributed by atoms with van der Waals surface area (Å²) in [6.45, 7) is 3.75. The van der Waals surface area contributed by atoms with Gasteiger partial charge in [-0.25, -0.2) is 0 Å². The molecule has 0 radical (unpaired) electrons. The standard InChI is InChI=1S/C15H22Br2S/c1-2-3-4-5-6-7-8-9-10-11-13-12-14(16)18-15(13)17/h2,12H,1,3-11H2. The van der Waals surface area contributed by atoms with Gasteiger partial charge in [-0.3, -0.25) is 0 Å². The molecular weight excluding hydrogens is 372 g/mol. The molecule has 0 saturated heterocycles. The molecule has 102 valence electrons. The summed E-state index contributed by atoms with van der Waals surface area (Å²) in [5.41, 5.74) is 1.46. The SMILES string of the molecule is C=CCCCCCCCCCc1cc(Br)sc1Br. The van der Waals surface area contributed by atoms with E-state index in [9.17, 15) is 0 Å². The van der Waals surface area contributed by atoms with E-state index in [0.717, 1.165) is 0 Å². The number of thiophene rings is 1. The van der Waals surface area contributed by atoms with Crippen LogP contribution in [0.2, 0.25) is 0 Å². The molecule has 0 saturated carbocycles. The summed E-state index contributed by atoms with van der Waals surface area (Å²) in [4.78, 5) is 0. The van der Waals surface area contributed by atoms with E-state index in [2.05, 4.69) is 44.5 Å². The topological polar surface area (TPSA) is 0 Å². The van der Waals surface area contributed by atoms with Crippen LogP contribution in [0.3, 0.4) is 0 Å². The number of rotatable bonds is 10. The van der Waals surface area contributed by atoms with Crippen LogP contribution in [0.4, 0.5) is 0 Å². The molecule has 1 heterocycles. The summed E-state index contributed by atoms with van der Waals surface area (Å²) in [7, 11) is 0. The maximum Gasteiger partial charge on any atom is 0.0742 e. The normalized spacial score (nSPS) is 10.8. The van der Waals surface area contributed by atoms with Gasteiger partial charge in [-0.1, -0.05) is 38.2 Å². The largest absolute Gasteiger partial charge is 0.121 e. The first kappa shape index (κ1) is 16.5. The van der Waals surface area contributed by atoms with Crippen LogP contribution in [0.15, 0.2) is 26.3 Å². The lowest BCUT2D eigenvalue weighted by molar-refractivity contribution is 0.581. The molecule has 0 nitrogen and oxygen atoms in total. The molecular formula is C15H22Br2S. The molecule has 1 aromatic heterocycles. The van der Waals surface area contributed by atoms with Gasteiger partial charge in [-0.05, 0) is 69.2 Å². The molecule has 1 aromatic rings. The van der Waals surface area contributed by atoms with E-state index in [4.69, 9.17) is 0 Å². The Morgan fingerprint density at radius 1 is 1.00 bits per heavy atom. The molecule has 0 atom stereocenters. The van der Waals surface area contributed by atoms with E-state index < -0.39 is 0 Å². The Bertz CT molecular complexity index is 344. The van der Waals surface area contributed by atoms with E-state index >= 15 is 0 Å². The van der Waals surface area contributed by atoms with Gasteiger partial charge in [0.15, 0.2) is 0 Å². The Kier molecular flexibility index (Phi) is 9.34. The van der Waals surface area contributed by atoms with Crippen molar-refractivity contribution in [3.05, 3.63) is 31.9 Å². The molecule has 0 amide bonds. The van der Waals surface area contributed by atoms with Crippen LogP contribution >= 0.6 is 43.2 Å². The second-order valence-electron chi connectivity index (χ2n) is 4.65. The maximum absolute atomic E-state index is 3.75. The average Bonchev–Trinajstić information content (AvgIpc) is 2.66. The van der Waals surface area contributed by atoms with E-state index in [1.165, 1.54) is 70.9 Å². The van der Waals surface area contributed by atoms with Gasteiger partial charge >= 0.3 is 0 Å². The van der Waals surface area contributed by atoms with Crippen LogP contribution in [0.25, 0.3) is 0 Å². The van der Waals surface area contributed by atoms with Crippen molar-refractivity contribution in [2.75, 3.05) is 0 Å². The van der Waals surface area contributed by atoms with Gasteiger partial charge < -0.3 is 0 Å². The average molecular weight is 394 g/mol. The molecule has 0 aromatic carbocycles. The van der Waals surface area contributed by atoms with Crippen molar-refractivity contribution in [2.45, 2.75) is 57.8 Å². The van der Waals surface area contributed by atoms with Gasteiger partial charge in [0.1, 0.15) is 0 Å². The van der Waals surface area contributed by atoms with E-state index in [1.807, 2.05) is 6.08 Å². The minimum absolute atomic E-state index is 1.18. The zero-order valence-electron chi connectivity index (χ0n) is 10.9. The fourth-order valence-electron chi connectivity index (χ4n) is 2.03. The summed E-state index contributed by atoms with van der Waals surface area (Å²) in [5, 5.41) is 0. The van der Waals surface area contributed by atoms with E-state index in [0.29, 0.717) is 0 Å². The number of hydrogen-bond acceptors (Lipinski definition) is 1. The summed E-state index contributed by atoms with van der Waals surface area (Å²) in [5.74, 6) is 0. The van der Waals surface area contributed by atoms with Gasteiger partial charge in [0.2, 0.25) is 0 Å². The first-order chi connectivity index (χ1) is 8.74. The first-order valence-corrected chi connectivity index (χ1v) is 9.19. The molecule has 0 N–H and O–H groups in total. The minimum Gasteiger partial charge on any atom is -0.121 e. The van der Waals surface area contributed by atoms with Crippen molar-refractivity contribution < 1.29 is 0 Å². The molecule has 18 heavy (non-hydrogen) atoms. The molecule has 0 aliphatic heterocycles. The number of hydrogen-bond donors (Lipinski definition) is 0. The van der Waals surface area contributed by atoms with Crippen molar-refractivity contribution in [3.63, 3.8) is 0 Å². The van der Waals surface area contributed by atoms with Gasteiger partial charge in [-0.2, -0.15) is 0 Å². The number of unbranched alkanes of at least 4 members (excludes halogenated alkanes) is 7. The lowest BCUT2D eigenvalue weighted by Crippen LogP contribution is -1.85. The quantitative estimate of drug-likeness (QED) is 0.293. The summed E-state index contributed by atoms with van der Waals surface area (Å²) in [6, 6.07) is 2.24. The summed E-state index contributed by atoms with van der Waals surface area (Å²) >= 11 is 8.92. The van der Waals surface area contributed by atoms with E-state index in [1.54, 1.807) is 11.3 Å². The highest BCUT2D eigenvalue weighted by atomic mass is 79.9. The molecule has 0 aliphatic rings. The molecule has 0 bridgehead atoms. The minimum atomic E-state index is 1.18. The predicted octanol–water partition coefficient (Wildman–Crippen LogP) is 7.12. The molecule has 0 spiro atoms.